The van der Waals surface area contributed by atoms with Gasteiger partial charge in [-0.05, 0) is 55.5 Å². The molecule has 1 aliphatic rings. The molecule has 6 heteroatoms. The molecule has 1 saturated heterocycles. The predicted molar refractivity (Wildman–Crippen MR) is 92.5 cm³/mol. The van der Waals surface area contributed by atoms with Crippen molar-refractivity contribution in [2.75, 3.05) is 13.2 Å². The third kappa shape index (κ3) is 4.03. The van der Waals surface area contributed by atoms with Crippen molar-refractivity contribution in [2.45, 2.75) is 19.1 Å². The standard InChI is InChI=1S/C20H18FNO4/c1-20(13-25-20)12-24-17-6-2-14(3-7-17)19-10-18(26-22-19)11-23-16-8-4-15(21)5-9-16/h2-10H,11-13H2,1H3/t20-/m0/s1. The van der Waals surface area contributed by atoms with Gasteiger partial charge in [0.2, 0.25) is 0 Å². The number of nitrogens with zero attached hydrogens (tertiary/aromatic N) is 1. The molecule has 0 radical (unpaired) electrons. The van der Waals surface area contributed by atoms with E-state index in [1.165, 1.54) is 12.1 Å². The topological polar surface area (TPSA) is 57.0 Å². The lowest BCUT2D eigenvalue weighted by Crippen LogP contribution is -2.16. The third-order valence-corrected chi connectivity index (χ3v) is 4.09. The highest BCUT2D eigenvalue weighted by atomic mass is 19.1. The summed E-state index contributed by atoms with van der Waals surface area (Å²) in [5.74, 6) is 1.64. The number of benzene rings is 2. The zero-order valence-electron chi connectivity index (χ0n) is 14.3. The van der Waals surface area contributed by atoms with E-state index in [0.717, 1.165) is 17.9 Å². The quantitative estimate of drug-likeness (QED) is 0.594. The number of epoxide rings is 1. The first kappa shape index (κ1) is 16.6. The fourth-order valence-electron chi connectivity index (χ4n) is 2.37. The molecule has 0 spiro atoms. The Kier molecular flexibility index (Phi) is 4.34. The average Bonchev–Trinajstić information content (AvgIpc) is 3.21. The minimum Gasteiger partial charge on any atom is -0.491 e. The van der Waals surface area contributed by atoms with E-state index in [4.69, 9.17) is 18.7 Å². The van der Waals surface area contributed by atoms with E-state index in [1.54, 1.807) is 12.1 Å². The van der Waals surface area contributed by atoms with Crippen molar-refractivity contribution in [3.8, 4) is 22.8 Å². The van der Waals surface area contributed by atoms with Crippen LogP contribution >= 0.6 is 0 Å². The van der Waals surface area contributed by atoms with Crippen LogP contribution in [0.2, 0.25) is 0 Å². The molecule has 0 saturated carbocycles. The van der Waals surface area contributed by atoms with E-state index in [2.05, 4.69) is 5.16 Å². The number of ether oxygens (including phenoxy) is 3. The number of hydrogen-bond acceptors (Lipinski definition) is 5. The van der Waals surface area contributed by atoms with Gasteiger partial charge >= 0.3 is 0 Å². The zero-order valence-corrected chi connectivity index (χ0v) is 14.3. The SMILES string of the molecule is C[C@]1(COc2ccc(-c3cc(COc4ccc(F)cc4)on3)cc2)CO1. The van der Waals surface area contributed by atoms with Crippen LogP contribution < -0.4 is 9.47 Å². The minimum absolute atomic E-state index is 0.135. The van der Waals surface area contributed by atoms with E-state index >= 15 is 0 Å². The van der Waals surface area contributed by atoms with Gasteiger partial charge in [-0.25, -0.2) is 4.39 Å². The highest BCUT2D eigenvalue weighted by Gasteiger charge is 2.40. The molecule has 1 atom stereocenters. The van der Waals surface area contributed by atoms with Crippen molar-refractivity contribution < 1.29 is 23.1 Å². The van der Waals surface area contributed by atoms with Gasteiger partial charge in [0.1, 0.15) is 41.8 Å². The molecule has 0 amide bonds. The highest BCUT2D eigenvalue weighted by molar-refractivity contribution is 5.59. The smallest absolute Gasteiger partial charge is 0.174 e. The van der Waals surface area contributed by atoms with Crippen LogP contribution in [-0.4, -0.2) is 24.0 Å². The molecular weight excluding hydrogens is 337 g/mol. The molecule has 4 rings (SSSR count). The maximum absolute atomic E-state index is 12.9. The van der Waals surface area contributed by atoms with Crippen molar-refractivity contribution in [3.63, 3.8) is 0 Å². The van der Waals surface area contributed by atoms with Gasteiger partial charge in [-0.3, -0.25) is 0 Å². The molecule has 1 aliphatic heterocycles. The van der Waals surface area contributed by atoms with Crippen LogP contribution in [0.3, 0.4) is 0 Å². The molecule has 2 heterocycles. The largest absolute Gasteiger partial charge is 0.491 e. The van der Waals surface area contributed by atoms with Crippen molar-refractivity contribution in [3.05, 3.63) is 66.2 Å². The molecule has 2 aromatic carbocycles. The summed E-state index contributed by atoms with van der Waals surface area (Å²) in [6.45, 7) is 3.53. The van der Waals surface area contributed by atoms with Crippen LogP contribution in [0.5, 0.6) is 11.5 Å². The Bertz CT molecular complexity index is 870. The maximum Gasteiger partial charge on any atom is 0.174 e. The number of aromatic nitrogens is 1. The monoisotopic (exact) mass is 355 g/mol. The van der Waals surface area contributed by atoms with Crippen LogP contribution in [0, 0.1) is 5.82 Å². The second-order valence-corrected chi connectivity index (χ2v) is 6.47. The minimum atomic E-state index is -0.300. The summed E-state index contributed by atoms with van der Waals surface area (Å²) < 4.78 is 34.7. The van der Waals surface area contributed by atoms with Gasteiger partial charge in [0.05, 0.1) is 6.61 Å². The first-order valence-corrected chi connectivity index (χ1v) is 8.31. The van der Waals surface area contributed by atoms with Crippen LogP contribution in [0.25, 0.3) is 11.3 Å². The molecule has 1 fully saturated rings. The normalized spacial score (nSPS) is 18.5. The van der Waals surface area contributed by atoms with Crippen molar-refractivity contribution in [1.82, 2.24) is 5.16 Å². The molecule has 26 heavy (non-hydrogen) atoms. The van der Waals surface area contributed by atoms with Crippen LogP contribution in [-0.2, 0) is 11.3 Å². The Morgan fingerprint density at radius 2 is 1.69 bits per heavy atom. The third-order valence-electron chi connectivity index (χ3n) is 4.09. The molecule has 5 nitrogen and oxygen atoms in total. The zero-order chi connectivity index (χ0) is 18.0. The van der Waals surface area contributed by atoms with Crippen LogP contribution in [0.1, 0.15) is 12.7 Å². The lowest BCUT2D eigenvalue weighted by molar-refractivity contribution is 0.202. The average molecular weight is 355 g/mol. The first-order chi connectivity index (χ1) is 12.6. The number of rotatable bonds is 7. The van der Waals surface area contributed by atoms with E-state index in [-0.39, 0.29) is 18.0 Å². The Hall–Kier alpha value is -2.86. The van der Waals surface area contributed by atoms with Crippen molar-refractivity contribution >= 4 is 0 Å². The van der Waals surface area contributed by atoms with Gasteiger partial charge in [0.25, 0.3) is 0 Å². The second-order valence-electron chi connectivity index (χ2n) is 6.47. The summed E-state index contributed by atoms with van der Waals surface area (Å²) in [5.41, 5.74) is 1.50. The highest BCUT2D eigenvalue weighted by Crippen LogP contribution is 2.28. The molecular formula is C20H18FNO4. The fraction of sp³-hybridized carbons (Fsp3) is 0.250. The number of halogens is 1. The lowest BCUT2D eigenvalue weighted by atomic mass is 10.1. The number of hydrogen-bond donors (Lipinski definition) is 0. The lowest BCUT2D eigenvalue weighted by Gasteiger charge is -2.08. The Labute approximate surface area is 150 Å². The molecule has 0 N–H and O–H groups in total. The first-order valence-electron chi connectivity index (χ1n) is 8.31. The molecule has 3 aromatic rings. The summed E-state index contributed by atoms with van der Waals surface area (Å²) in [4.78, 5) is 0. The van der Waals surface area contributed by atoms with E-state index in [0.29, 0.717) is 23.8 Å². The van der Waals surface area contributed by atoms with E-state index in [1.807, 2.05) is 37.3 Å². The summed E-state index contributed by atoms with van der Waals surface area (Å²) in [6, 6.07) is 15.3. The van der Waals surface area contributed by atoms with Gasteiger partial charge in [-0.1, -0.05) is 5.16 Å². The fourth-order valence-corrected chi connectivity index (χ4v) is 2.37. The van der Waals surface area contributed by atoms with Crippen LogP contribution in [0.15, 0.2) is 59.1 Å². The summed E-state index contributed by atoms with van der Waals surface area (Å²) in [7, 11) is 0. The van der Waals surface area contributed by atoms with Crippen LogP contribution in [0.4, 0.5) is 4.39 Å². The van der Waals surface area contributed by atoms with Gasteiger partial charge < -0.3 is 18.7 Å². The van der Waals surface area contributed by atoms with E-state index in [9.17, 15) is 4.39 Å². The Balaban J connectivity index is 1.35. The predicted octanol–water partition coefficient (Wildman–Crippen LogP) is 4.23. The molecule has 0 bridgehead atoms. The molecule has 1 aromatic heterocycles. The second kappa shape index (κ2) is 6.80. The van der Waals surface area contributed by atoms with Gasteiger partial charge in [0, 0.05) is 11.6 Å². The maximum atomic E-state index is 12.9. The summed E-state index contributed by atoms with van der Waals surface area (Å²) in [5, 5.41) is 4.06. The Morgan fingerprint density at radius 1 is 1.04 bits per heavy atom. The molecule has 134 valence electrons. The summed E-state index contributed by atoms with van der Waals surface area (Å²) >= 11 is 0. The van der Waals surface area contributed by atoms with E-state index < -0.39 is 0 Å². The van der Waals surface area contributed by atoms with Gasteiger partial charge in [-0.2, -0.15) is 0 Å². The van der Waals surface area contributed by atoms with Gasteiger partial charge in [-0.15, -0.1) is 0 Å². The molecule has 0 aliphatic carbocycles. The Morgan fingerprint density at radius 3 is 2.38 bits per heavy atom. The molecule has 0 unspecified atom stereocenters. The van der Waals surface area contributed by atoms with Crippen molar-refractivity contribution in [1.29, 1.82) is 0 Å². The van der Waals surface area contributed by atoms with Gasteiger partial charge in [0.15, 0.2) is 5.76 Å². The van der Waals surface area contributed by atoms with Crippen molar-refractivity contribution in [2.24, 2.45) is 0 Å². The summed E-state index contributed by atoms with van der Waals surface area (Å²) in [6.07, 6.45) is 0.